The predicted molar refractivity (Wildman–Crippen MR) is 98.4 cm³/mol. The summed E-state index contributed by atoms with van der Waals surface area (Å²) >= 11 is 3.71. The van der Waals surface area contributed by atoms with Crippen LogP contribution in [0.3, 0.4) is 0 Å². The Morgan fingerprint density at radius 1 is 0.957 bits per heavy atom. The number of fused-ring (bicyclic) bond motifs is 5. The molecule has 0 saturated carbocycles. The smallest absolute Gasteiger partial charge is 0.145 e. The third-order valence-electron chi connectivity index (χ3n) is 5.08. The van der Waals surface area contributed by atoms with Crippen molar-refractivity contribution in [2.24, 2.45) is 0 Å². The molecule has 0 atom stereocenters. The van der Waals surface area contributed by atoms with Crippen molar-refractivity contribution in [3.63, 3.8) is 0 Å². The van der Waals surface area contributed by atoms with Crippen molar-refractivity contribution in [2.45, 2.75) is 19.3 Å². The van der Waals surface area contributed by atoms with Crippen LogP contribution in [0.15, 0.2) is 59.2 Å². The van der Waals surface area contributed by atoms with Gasteiger partial charge in [-0.3, -0.25) is 4.57 Å². The fourth-order valence-electron chi connectivity index (χ4n) is 3.99. The van der Waals surface area contributed by atoms with Crippen LogP contribution in [0.25, 0.3) is 27.6 Å². The normalized spacial score (nSPS) is 15.1. The minimum atomic E-state index is -0.0387. The summed E-state index contributed by atoms with van der Waals surface area (Å²) in [7, 11) is 0. The van der Waals surface area contributed by atoms with E-state index in [-0.39, 0.29) is 5.41 Å². The molecule has 2 nitrogen and oxygen atoms in total. The van der Waals surface area contributed by atoms with Gasteiger partial charge in [-0.25, -0.2) is 4.98 Å². The molecule has 0 spiro atoms. The topological polar surface area (TPSA) is 17.8 Å². The van der Waals surface area contributed by atoms with Gasteiger partial charge in [0.1, 0.15) is 5.65 Å². The number of benzene rings is 2. The number of hydrogen-bond donors (Lipinski definition) is 0. The van der Waals surface area contributed by atoms with Crippen LogP contribution < -0.4 is 0 Å². The minimum absolute atomic E-state index is 0.0387. The van der Waals surface area contributed by atoms with E-state index in [4.69, 9.17) is 0 Å². The lowest BCUT2D eigenvalue weighted by Crippen LogP contribution is -2.26. The van der Waals surface area contributed by atoms with Gasteiger partial charge in [-0.1, -0.05) is 48.0 Å². The highest BCUT2D eigenvalue weighted by Crippen LogP contribution is 2.47. The zero-order valence-electron chi connectivity index (χ0n) is 13.0. The Morgan fingerprint density at radius 2 is 1.78 bits per heavy atom. The fraction of sp³-hybridized carbons (Fsp3) is 0.150. The van der Waals surface area contributed by atoms with Crippen LogP contribution in [0.1, 0.15) is 25.0 Å². The zero-order chi connectivity index (χ0) is 15.8. The Bertz CT molecular complexity index is 1110. The van der Waals surface area contributed by atoms with Gasteiger partial charge in [-0.15, -0.1) is 0 Å². The van der Waals surface area contributed by atoms with E-state index < -0.39 is 0 Å². The van der Waals surface area contributed by atoms with Crippen LogP contribution >= 0.6 is 15.9 Å². The summed E-state index contributed by atoms with van der Waals surface area (Å²) in [5.41, 5.74) is 6.21. The highest BCUT2D eigenvalue weighted by Gasteiger charge is 2.35. The predicted octanol–water partition coefficient (Wildman–Crippen LogP) is 5.58. The highest BCUT2D eigenvalue weighted by atomic mass is 79.9. The van der Waals surface area contributed by atoms with E-state index in [1.165, 1.54) is 33.1 Å². The standard InChI is InChI=1S/C20H15BrN2/c1-20(2)15-7-3-4-8-17(15)23-18-14(10-12(21)11-16(18)20)13-6-5-9-22-19(13)23/h3-11H,1-2H3. The second kappa shape index (κ2) is 4.24. The number of aromatic nitrogens is 2. The van der Waals surface area contributed by atoms with E-state index in [2.05, 4.69) is 81.8 Å². The van der Waals surface area contributed by atoms with Crippen molar-refractivity contribution < 1.29 is 0 Å². The summed E-state index contributed by atoms with van der Waals surface area (Å²) in [5.74, 6) is 0. The molecule has 1 aliphatic heterocycles. The van der Waals surface area contributed by atoms with Crippen molar-refractivity contribution in [1.82, 2.24) is 9.55 Å². The maximum atomic E-state index is 4.69. The number of nitrogens with zero attached hydrogens (tertiary/aromatic N) is 2. The van der Waals surface area contributed by atoms with Crippen LogP contribution in [0, 0.1) is 0 Å². The molecule has 5 rings (SSSR count). The molecule has 112 valence electrons. The summed E-state index contributed by atoms with van der Waals surface area (Å²) < 4.78 is 3.45. The van der Waals surface area contributed by atoms with Gasteiger partial charge in [-0.2, -0.15) is 0 Å². The Kier molecular flexibility index (Phi) is 2.45. The number of rotatable bonds is 0. The molecule has 23 heavy (non-hydrogen) atoms. The lowest BCUT2D eigenvalue weighted by molar-refractivity contribution is 0.629. The molecule has 1 aliphatic rings. The maximum absolute atomic E-state index is 4.69. The molecule has 0 unspecified atom stereocenters. The van der Waals surface area contributed by atoms with Crippen LogP contribution in [-0.4, -0.2) is 9.55 Å². The van der Waals surface area contributed by atoms with Gasteiger partial charge in [-0.05, 0) is 41.5 Å². The quantitative estimate of drug-likeness (QED) is 0.399. The van der Waals surface area contributed by atoms with E-state index in [1.54, 1.807) is 0 Å². The van der Waals surface area contributed by atoms with Crippen LogP contribution in [0.5, 0.6) is 0 Å². The van der Waals surface area contributed by atoms with E-state index in [9.17, 15) is 0 Å². The number of pyridine rings is 1. The molecular weight excluding hydrogens is 348 g/mol. The number of halogens is 1. The second-order valence-electron chi connectivity index (χ2n) is 6.70. The maximum Gasteiger partial charge on any atom is 0.145 e. The molecule has 2 aromatic heterocycles. The summed E-state index contributed by atoms with van der Waals surface area (Å²) in [6.07, 6.45) is 1.88. The van der Waals surface area contributed by atoms with Gasteiger partial charge < -0.3 is 0 Å². The molecule has 2 aromatic carbocycles. The number of hydrogen-bond acceptors (Lipinski definition) is 1. The third-order valence-corrected chi connectivity index (χ3v) is 5.54. The molecule has 3 heterocycles. The van der Waals surface area contributed by atoms with Crippen molar-refractivity contribution in [3.05, 3.63) is 70.3 Å². The first-order chi connectivity index (χ1) is 11.1. The summed E-state index contributed by atoms with van der Waals surface area (Å²) in [6.45, 7) is 4.61. The summed E-state index contributed by atoms with van der Waals surface area (Å²) in [6, 6.07) is 17.3. The largest absolute Gasteiger partial charge is 0.293 e. The molecule has 0 fully saturated rings. The monoisotopic (exact) mass is 362 g/mol. The summed E-state index contributed by atoms with van der Waals surface area (Å²) in [5, 5.41) is 2.47. The van der Waals surface area contributed by atoms with Crippen LogP contribution in [0.4, 0.5) is 0 Å². The van der Waals surface area contributed by atoms with E-state index >= 15 is 0 Å². The van der Waals surface area contributed by atoms with Gasteiger partial charge in [0.15, 0.2) is 0 Å². The van der Waals surface area contributed by atoms with Gasteiger partial charge >= 0.3 is 0 Å². The molecule has 0 N–H and O–H groups in total. The number of para-hydroxylation sites is 1. The average molecular weight is 363 g/mol. The lowest BCUT2D eigenvalue weighted by Gasteiger charge is -2.34. The minimum Gasteiger partial charge on any atom is -0.293 e. The van der Waals surface area contributed by atoms with Gasteiger partial charge in [0.25, 0.3) is 0 Å². The fourth-order valence-corrected chi connectivity index (χ4v) is 4.45. The molecule has 0 radical (unpaired) electrons. The Morgan fingerprint density at radius 3 is 2.65 bits per heavy atom. The van der Waals surface area contributed by atoms with Crippen LogP contribution in [0.2, 0.25) is 0 Å². The van der Waals surface area contributed by atoms with Crippen molar-refractivity contribution >= 4 is 37.9 Å². The van der Waals surface area contributed by atoms with Crippen LogP contribution in [-0.2, 0) is 5.41 Å². The van der Waals surface area contributed by atoms with Gasteiger partial charge in [0.2, 0.25) is 0 Å². The zero-order valence-corrected chi connectivity index (χ0v) is 14.6. The van der Waals surface area contributed by atoms with Gasteiger partial charge in [0.05, 0.1) is 11.2 Å². The molecule has 0 amide bonds. The third kappa shape index (κ3) is 1.56. The Labute approximate surface area is 142 Å². The molecule has 4 aromatic rings. The first-order valence-corrected chi connectivity index (χ1v) is 8.57. The Hall–Kier alpha value is -2.13. The van der Waals surface area contributed by atoms with E-state index in [0.29, 0.717) is 0 Å². The first kappa shape index (κ1) is 13.3. The van der Waals surface area contributed by atoms with Crippen molar-refractivity contribution in [3.8, 4) is 5.69 Å². The second-order valence-corrected chi connectivity index (χ2v) is 7.62. The molecule has 0 aliphatic carbocycles. The average Bonchev–Trinajstić information content (AvgIpc) is 2.88. The molecule has 3 heteroatoms. The Balaban J connectivity index is 2.15. The van der Waals surface area contributed by atoms with E-state index in [1.807, 2.05) is 12.3 Å². The molecule has 0 bridgehead atoms. The van der Waals surface area contributed by atoms with Crippen molar-refractivity contribution in [1.29, 1.82) is 0 Å². The highest BCUT2D eigenvalue weighted by molar-refractivity contribution is 9.10. The first-order valence-electron chi connectivity index (χ1n) is 7.78. The molecular formula is C20H15BrN2. The molecule has 0 saturated heterocycles. The van der Waals surface area contributed by atoms with Gasteiger partial charge in [0, 0.05) is 26.9 Å². The lowest BCUT2D eigenvalue weighted by atomic mass is 9.75. The SMILES string of the molecule is CC1(C)c2ccccc2-n2c3ncccc3c3cc(Br)cc1c32. The summed E-state index contributed by atoms with van der Waals surface area (Å²) in [4.78, 5) is 4.69. The van der Waals surface area contributed by atoms with E-state index in [0.717, 1.165) is 10.1 Å². The van der Waals surface area contributed by atoms with Crippen molar-refractivity contribution in [2.75, 3.05) is 0 Å².